The van der Waals surface area contributed by atoms with E-state index in [1.165, 1.54) is 0 Å². The lowest BCUT2D eigenvalue weighted by Gasteiger charge is -2.12. The average Bonchev–Trinajstić information content (AvgIpc) is 2.82. The van der Waals surface area contributed by atoms with Crippen LogP contribution in [-0.2, 0) is 0 Å². The summed E-state index contributed by atoms with van der Waals surface area (Å²) in [6.07, 6.45) is -0.184. The van der Waals surface area contributed by atoms with E-state index < -0.39 is 0 Å². The molecule has 3 nitrogen and oxygen atoms in total. The SMILES string of the molecule is NC(=S)c1cccc(C2Nc3ccccc3O2)c1. The van der Waals surface area contributed by atoms with Gasteiger partial charge in [0.25, 0.3) is 0 Å². The molecule has 1 heterocycles. The average molecular weight is 256 g/mol. The van der Waals surface area contributed by atoms with Crippen LogP contribution in [0.1, 0.15) is 17.4 Å². The van der Waals surface area contributed by atoms with Crippen molar-refractivity contribution >= 4 is 22.9 Å². The first-order chi connectivity index (χ1) is 8.74. The van der Waals surface area contributed by atoms with Crippen molar-refractivity contribution in [2.45, 2.75) is 6.23 Å². The first kappa shape index (κ1) is 11.0. The van der Waals surface area contributed by atoms with E-state index >= 15 is 0 Å². The Labute approximate surface area is 111 Å². The van der Waals surface area contributed by atoms with Gasteiger partial charge in [0.05, 0.1) is 5.69 Å². The molecule has 0 saturated carbocycles. The van der Waals surface area contributed by atoms with Gasteiger partial charge in [-0.05, 0) is 18.2 Å². The Balaban J connectivity index is 1.90. The highest BCUT2D eigenvalue weighted by atomic mass is 32.1. The predicted octanol–water partition coefficient (Wildman–Crippen LogP) is 2.82. The smallest absolute Gasteiger partial charge is 0.196 e. The van der Waals surface area contributed by atoms with Crippen molar-refractivity contribution in [3.63, 3.8) is 0 Å². The van der Waals surface area contributed by atoms with Gasteiger partial charge >= 0.3 is 0 Å². The summed E-state index contributed by atoms with van der Waals surface area (Å²) < 4.78 is 5.83. The van der Waals surface area contributed by atoms with E-state index in [2.05, 4.69) is 5.32 Å². The first-order valence-electron chi connectivity index (χ1n) is 5.66. The Morgan fingerprint density at radius 2 is 2.00 bits per heavy atom. The van der Waals surface area contributed by atoms with Gasteiger partial charge in [-0.25, -0.2) is 0 Å². The summed E-state index contributed by atoms with van der Waals surface area (Å²) >= 11 is 4.98. The summed E-state index contributed by atoms with van der Waals surface area (Å²) in [5.41, 5.74) is 8.50. The zero-order valence-corrected chi connectivity index (χ0v) is 10.4. The summed E-state index contributed by atoms with van der Waals surface area (Å²) in [5.74, 6) is 0.864. The number of rotatable bonds is 2. The Kier molecular flexibility index (Phi) is 2.64. The molecule has 1 aliphatic heterocycles. The van der Waals surface area contributed by atoms with Crippen LogP contribution in [0.25, 0.3) is 0 Å². The number of thiocarbonyl (C=S) groups is 1. The van der Waals surface area contributed by atoms with Crippen molar-refractivity contribution in [2.24, 2.45) is 5.73 Å². The molecule has 0 bridgehead atoms. The molecule has 18 heavy (non-hydrogen) atoms. The van der Waals surface area contributed by atoms with Crippen molar-refractivity contribution in [2.75, 3.05) is 5.32 Å². The van der Waals surface area contributed by atoms with E-state index in [9.17, 15) is 0 Å². The van der Waals surface area contributed by atoms with E-state index in [1.807, 2.05) is 48.5 Å². The number of para-hydroxylation sites is 2. The second-order valence-electron chi connectivity index (χ2n) is 4.13. The van der Waals surface area contributed by atoms with Gasteiger partial charge in [0.15, 0.2) is 6.23 Å². The van der Waals surface area contributed by atoms with Gasteiger partial charge < -0.3 is 15.8 Å². The number of anilines is 1. The molecule has 1 unspecified atom stereocenters. The topological polar surface area (TPSA) is 47.3 Å². The molecule has 0 aliphatic carbocycles. The van der Waals surface area contributed by atoms with Crippen LogP contribution in [-0.4, -0.2) is 4.99 Å². The van der Waals surface area contributed by atoms with Crippen molar-refractivity contribution < 1.29 is 4.74 Å². The maximum absolute atomic E-state index is 5.83. The Morgan fingerprint density at radius 1 is 1.17 bits per heavy atom. The molecule has 3 rings (SSSR count). The molecule has 1 atom stereocenters. The van der Waals surface area contributed by atoms with Crippen molar-refractivity contribution in [1.82, 2.24) is 0 Å². The molecular formula is C14H12N2OS. The van der Waals surface area contributed by atoms with E-state index in [-0.39, 0.29) is 6.23 Å². The summed E-state index contributed by atoms with van der Waals surface area (Å²) in [5, 5.41) is 3.31. The molecule has 1 aliphatic rings. The normalized spacial score (nSPS) is 16.6. The van der Waals surface area contributed by atoms with Crippen molar-refractivity contribution in [1.29, 1.82) is 0 Å². The quantitative estimate of drug-likeness (QED) is 0.811. The monoisotopic (exact) mass is 256 g/mol. The van der Waals surface area contributed by atoms with Crippen molar-refractivity contribution in [3.8, 4) is 5.75 Å². The third kappa shape index (κ3) is 1.91. The third-order valence-corrected chi connectivity index (χ3v) is 3.13. The number of nitrogens with one attached hydrogen (secondary N) is 1. The minimum atomic E-state index is -0.184. The van der Waals surface area contributed by atoms with Gasteiger partial charge in [-0.15, -0.1) is 0 Å². The molecular weight excluding hydrogens is 244 g/mol. The standard InChI is InChI=1S/C14H12N2OS/c15-13(18)9-4-3-5-10(8-9)14-16-11-6-1-2-7-12(11)17-14/h1-8,14,16H,(H2,15,18). The second kappa shape index (κ2) is 4.31. The zero-order valence-electron chi connectivity index (χ0n) is 9.59. The summed E-state index contributed by atoms with van der Waals surface area (Å²) in [7, 11) is 0. The highest BCUT2D eigenvalue weighted by Gasteiger charge is 2.22. The number of hydrogen-bond donors (Lipinski definition) is 2. The summed E-state index contributed by atoms with van der Waals surface area (Å²) in [6.45, 7) is 0. The van der Waals surface area contributed by atoms with Gasteiger partial charge in [-0.2, -0.15) is 0 Å². The predicted molar refractivity (Wildman–Crippen MR) is 75.8 cm³/mol. The zero-order chi connectivity index (χ0) is 12.5. The molecule has 2 aromatic carbocycles. The molecule has 4 heteroatoms. The summed E-state index contributed by atoms with van der Waals surface area (Å²) in [4.78, 5) is 0.396. The number of hydrogen-bond acceptors (Lipinski definition) is 3. The minimum Gasteiger partial charge on any atom is -0.464 e. The first-order valence-corrected chi connectivity index (χ1v) is 6.07. The Hall–Kier alpha value is -2.07. The molecule has 0 amide bonds. The Morgan fingerprint density at radius 3 is 2.78 bits per heavy atom. The fraction of sp³-hybridized carbons (Fsp3) is 0.0714. The van der Waals surface area contributed by atoms with E-state index in [1.54, 1.807) is 0 Å². The lowest BCUT2D eigenvalue weighted by atomic mass is 10.1. The molecule has 0 fully saturated rings. The maximum Gasteiger partial charge on any atom is 0.196 e. The van der Waals surface area contributed by atoms with Gasteiger partial charge in [-0.1, -0.05) is 42.5 Å². The third-order valence-electron chi connectivity index (χ3n) is 2.89. The number of ether oxygens (including phenoxy) is 1. The van der Waals surface area contributed by atoms with Crippen molar-refractivity contribution in [3.05, 3.63) is 59.7 Å². The molecule has 0 radical (unpaired) electrons. The van der Waals surface area contributed by atoms with Gasteiger partial charge in [0.1, 0.15) is 10.7 Å². The fourth-order valence-corrected chi connectivity index (χ4v) is 2.12. The van der Waals surface area contributed by atoms with Crippen LogP contribution < -0.4 is 15.8 Å². The molecule has 2 aromatic rings. The van der Waals surface area contributed by atoms with Gasteiger partial charge in [-0.3, -0.25) is 0 Å². The van der Waals surface area contributed by atoms with Crippen LogP contribution in [0.15, 0.2) is 48.5 Å². The molecule has 0 saturated heterocycles. The van der Waals surface area contributed by atoms with E-state index in [4.69, 9.17) is 22.7 Å². The van der Waals surface area contributed by atoms with Gasteiger partial charge in [0, 0.05) is 11.1 Å². The van der Waals surface area contributed by atoms with Crippen LogP contribution in [0.2, 0.25) is 0 Å². The molecule has 90 valence electrons. The van der Waals surface area contributed by atoms with Gasteiger partial charge in [0.2, 0.25) is 0 Å². The highest BCUT2D eigenvalue weighted by Crippen LogP contribution is 2.37. The number of benzene rings is 2. The van der Waals surface area contributed by atoms with Crippen LogP contribution in [0.5, 0.6) is 5.75 Å². The molecule has 0 spiro atoms. The van der Waals surface area contributed by atoms with Crippen LogP contribution in [0, 0.1) is 0 Å². The van der Waals surface area contributed by atoms with E-state index in [0.717, 1.165) is 22.6 Å². The Bertz CT molecular complexity index is 587. The highest BCUT2D eigenvalue weighted by molar-refractivity contribution is 7.80. The van der Waals surface area contributed by atoms with E-state index in [0.29, 0.717) is 4.99 Å². The van der Waals surface area contributed by atoms with Crippen LogP contribution in [0.3, 0.4) is 0 Å². The van der Waals surface area contributed by atoms with Crippen LogP contribution >= 0.6 is 12.2 Å². The largest absolute Gasteiger partial charge is 0.464 e. The lowest BCUT2D eigenvalue weighted by molar-refractivity contribution is 0.260. The lowest BCUT2D eigenvalue weighted by Crippen LogP contribution is -2.13. The fourth-order valence-electron chi connectivity index (χ4n) is 1.99. The second-order valence-corrected chi connectivity index (χ2v) is 4.57. The number of nitrogens with two attached hydrogens (primary N) is 1. The minimum absolute atomic E-state index is 0.184. The molecule has 3 N–H and O–H groups in total. The molecule has 0 aromatic heterocycles. The maximum atomic E-state index is 5.83. The number of fused-ring (bicyclic) bond motifs is 1. The van der Waals surface area contributed by atoms with Crippen LogP contribution in [0.4, 0.5) is 5.69 Å². The summed E-state index contributed by atoms with van der Waals surface area (Å²) in [6, 6.07) is 15.6.